The van der Waals surface area contributed by atoms with Crippen molar-refractivity contribution in [3.8, 4) is 11.4 Å². The molecule has 5 aromatic rings. The van der Waals surface area contributed by atoms with Gasteiger partial charge in [-0.1, -0.05) is 6.92 Å². The van der Waals surface area contributed by atoms with Crippen LogP contribution in [0.2, 0.25) is 0 Å². The Hall–Kier alpha value is -5.08. The molecule has 0 amide bonds. The van der Waals surface area contributed by atoms with E-state index in [-0.39, 0.29) is 37.1 Å². The first-order valence-corrected chi connectivity index (χ1v) is 16.4. The SMILES string of the molecule is CC[C@@H](C)n1ncn(-c2ccc(N3CCN(c4ccc(OC[C@H]5CO[C@](Cn6cncn6)(c6ccc(F)cc6F)O5)cc4)CC3)cc2)c1=O. The summed E-state index contributed by atoms with van der Waals surface area (Å²) < 4.78 is 51.4. The molecule has 2 fully saturated rings. The summed E-state index contributed by atoms with van der Waals surface area (Å²) in [5.74, 6) is -2.30. The van der Waals surface area contributed by atoms with Crippen LogP contribution in [-0.4, -0.2) is 74.6 Å². The van der Waals surface area contributed by atoms with Crippen LogP contribution in [0, 0.1) is 11.6 Å². The van der Waals surface area contributed by atoms with Crippen molar-refractivity contribution in [2.24, 2.45) is 0 Å². The van der Waals surface area contributed by atoms with Crippen molar-refractivity contribution in [3.05, 3.63) is 113 Å². The highest BCUT2D eigenvalue weighted by Crippen LogP contribution is 2.38. The van der Waals surface area contributed by atoms with Gasteiger partial charge in [-0.25, -0.2) is 32.5 Å². The zero-order valence-corrected chi connectivity index (χ0v) is 27.4. The third-order valence-electron chi connectivity index (χ3n) is 9.15. The van der Waals surface area contributed by atoms with Gasteiger partial charge in [-0.15, -0.1) is 0 Å². The van der Waals surface area contributed by atoms with Crippen molar-refractivity contribution in [1.29, 1.82) is 0 Å². The van der Waals surface area contributed by atoms with Crippen molar-refractivity contribution in [3.63, 3.8) is 0 Å². The maximum atomic E-state index is 14.9. The summed E-state index contributed by atoms with van der Waals surface area (Å²) in [4.78, 5) is 21.4. The quantitative estimate of drug-likeness (QED) is 0.200. The van der Waals surface area contributed by atoms with Crippen LogP contribution in [-0.2, 0) is 21.8 Å². The predicted molar refractivity (Wildman–Crippen MR) is 178 cm³/mol. The minimum absolute atomic E-state index is 0.0334. The molecular formula is C35H38F2N8O4. The fraction of sp³-hybridized carbons (Fsp3) is 0.371. The lowest BCUT2D eigenvalue weighted by Crippen LogP contribution is -2.46. The first kappa shape index (κ1) is 32.5. The van der Waals surface area contributed by atoms with Crippen molar-refractivity contribution in [2.75, 3.05) is 49.2 Å². The molecule has 49 heavy (non-hydrogen) atoms. The number of anilines is 2. The molecular weight excluding hydrogens is 634 g/mol. The van der Waals surface area contributed by atoms with Crippen molar-refractivity contribution >= 4 is 11.4 Å². The van der Waals surface area contributed by atoms with Crippen LogP contribution in [0.25, 0.3) is 5.69 Å². The largest absolute Gasteiger partial charge is 0.491 e. The Labute approximate surface area is 282 Å². The molecule has 2 aliphatic rings. The number of rotatable bonds is 11. The van der Waals surface area contributed by atoms with Crippen LogP contribution in [0.15, 0.2) is 90.5 Å². The Morgan fingerprint density at radius 2 is 1.59 bits per heavy atom. The summed E-state index contributed by atoms with van der Waals surface area (Å²) in [6.07, 6.45) is 4.77. The fourth-order valence-electron chi connectivity index (χ4n) is 6.24. The van der Waals surface area contributed by atoms with E-state index in [0.29, 0.717) is 5.75 Å². The van der Waals surface area contributed by atoms with Crippen LogP contribution in [0.1, 0.15) is 31.9 Å². The van der Waals surface area contributed by atoms with Crippen LogP contribution in [0.4, 0.5) is 20.2 Å². The maximum absolute atomic E-state index is 14.9. The minimum Gasteiger partial charge on any atom is -0.491 e. The van der Waals surface area contributed by atoms with Gasteiger partial charge in [0.25, 0.3) is 0 Å². The van der Waals surface area contributed by atoms with Gasteiger partial charge in [-0.05, 0) is 74.0 Å². The molecule has 0 aliphatic carbocycles. The molecule has 2 aromatic heterocycles. The van der Waals surface area contributed by atoms with E-state index < -0.39 is 23.5 Å². The minimum atomic E-state index is -1.51. The normalized spacial score (nSPS) is 20.1. The number of hydrogen-bond donors (Lipinski definition) is 0. The molecule has 0 N–H and O–H groups in total. The Morgan fingerprint density at radius 3 is 2.22 bits per heavy atom. The molecule has 4 heterocycles. The van der Waals surface area contributed by atoms with Crippen molar-refractivity contribution in [2.45, 2.75) is 44.7 Å². The lowest BCUT2D eigenvalue weighted by molar-refractivity contribution is -0.192. The summed E-state index contributed by atoms with van der Waals surface area (Å²) in [6, 6.07) is 19.3. The van der Waals surface area contributed by atoms with Gasteiger partial charge in [0.1, 0.15) is 55.6 Å². The van der Waals surface area contributed by atoms with E-state index in [0.717, 1.165) is 55.7 Å². The molecule has 3 atom stereocenters. The molecule has 2 aliphatic heterocycles. The number of hydrogen-bond acceptors (Lipinski definition) is 9. The second-order valence-electron chi connectivity index (χ2n) is 12.3. The molecule has 0 unspecified atom stereocenters. The highest BCUT2D eigenvalue weighted by Gasteiger charge is 2.46. The summed E-state index contributed by atoms with van der Waals surface area (Å²) in [6.45, 7) is 7.80. The van der Waals surface area contributed by atoms with Gasteiger partial charge in [-0.3, -0.25) is 0 Å². The van der Waals surface area contributed by atoms with E-state index in [1.807, 2.05) is 50.2 Å². The zero-order chi connectivity index (χ0) is 34.0. The van der Waals surface area contributed by atoms with Gasteiger partial charge in [0.15, 0.2) is 0 Å². The molecule has 0 bridgehead atoms. The molecule has 2 saturated heterocycles. The monoisotopic (exact) mass is 672 g/mol. The van der Waals surface area contributed by atoms with E-state index in [9.17, 15) is 13.6 Å². The number of halogens is 2. The van der Waals surface area contributed by atoms with Crippen LogP contribution in [0.5, 0.6) is 5.75 Å². The second kappa shape index (κ2) is 13.8. The molecule has 0 saturated carbocycles. The highest BCUT2D eigenvalue weighted by molar-refractivity contribution is 5.54. The first-order valence-electron chi connectivity index (χ1n) is 16.4. The number of nitrogens with zero attached hydrogens (tertiary/aromatic N) is 8. The summed E-state index contributed by atoms with van der Waals surface area (Å²) >= 11 is 0. The summed E-state index contributed by atoms with van der Waals surface area (Å²) in [7, 11) is 0. The van der Waals surface area contributed by atoms with Crippen molar-refractivity contribution < 1.29 is 23.0 Å². The highest BCUT2D eigenvalue weighted by atomic mass is 19.1. The van der Waals surface area contributed by atoms with Gasteiger partial charge < -0.3 is 24.0 Å². The van der Waals surface area contributed by atoms with Crippen LogP contribution < -0.4 is 20.2 Å². The van der Waals surface area contributed by atoms with E-state index in [1.54, 1.807) is 10.9 Å². The number of ether oxygens (including phenoxy) is 3. The molecule has 3 aromatic carbocycles. The molecule has 0 radical (unpaired) electrons. The number of aromatic nitrogens is 6. The lowest BCUT2D eigenvalue weighted by Gasteiger charge is -2.37. The van der Waals surface area contributed by atoms with Gasteiger partial charge in [0, 0.05) is 49.2 Å². The Kier molecular flexibility index (Phi) is 9.15. The lowest BCUT2D eigenvalue weighted by atomic mass is 10.0. The van der Waals surface area contributed by atoms with E-state index in [2.05, 4.69) is 37.1 Å². The standard InChI is InChI=1S/C35H38F2N8O4/c1-3-25(2)45-34(46)44(24-40-45)29-7-5-27(6-8-29)41-14-16-42(17-15-41)28-9-11-30(12-10-28)47-19-31-20-48-35(49-31,21-43-23-38-22-39-43)32-13-4-26(36)18-33(32)37/h4-13,18,22-25,31H,3,14-17,19-21H2,1-2H3/t25-,31+,35+/m1/s1. The van der Waals surface area contributed by atoms with Crippen molar-refractivity contribution in [1.82, 2.24) is 29.1 Å². The second-order valence-corrected chi connectivity index (χ2v) is 12.3. The Bertz CT molecular complexity index is 1910. The third kappa shape index (κ3) is 6.78. The third-order valence-corrected chi connectivity index (χ3v) is 9.15. The van der Waals surface area contributed by atoms with Crippen LogP contribution >= 0.6 is 0 Å². The van der Waals surface area contributed by atoms with E-state index in [1.165, 1.54) is 34.2 Å². The maximum Gasteiger partial charge on any atom is 0.350 e. The van der Waals surface area contributed by atoms with E-state index >= 15 is 0 Å². The summed E-state index contributed by atoms with van der Waals surface area (Å²) in [5, 5.41) is 8.39. The molecule has 256 valence electrons. The predicted octanol–water partition coefficient (Wildman–Crippen LogP) is 4.55. The number of piperazine rings is 1. The van der Waals surface area contributed by atoms with Gasteiger partial charge in [-0.2, -0.15) is 10.2 Å². The molecule has 0 spiro atoms. The molecule has 12 nitrogen and oxygen atoms in total. The van der Waals surface area contributed by atoms with Crippen LogP contribution in [0.3, 0.4) is 0 Å². The average Bonchev–Trinajstić information content (AvgIpc) is 3.88. The topological polar surface area (TPSA) is 105 Å². The molecule has 7 rings (SSSR count). The number of benzene rings is 3. The van der Waals surface area contributed by atoms with E-state index in [4.69, 9.17) is 14.2 Å². The van der Waals surface area contributed by atoms with Gasteiger partial charge in [0.2, 0.25) is 5.79 Å². The summed E-state index contributed by atoms with van der Waals surface area (Å²) in [5.41, 5.74) is 2.95. The van der Waals surface area contributed by atoms with Gasteiger partial charge in [0.05, 0.1) is 18.3 Å². The fourth-order valence-corrected chi connectivity index (χ4v) is 6.24. The smallest absolute Gasteiger partial charge is 0.350 e. The van der Waals surface area contributed by atoms with Gasteiger partial charge >= 0.3 is 5.69 Å². The Balaban J connectivity index is 0.925. The zero-order valence-electron chi connectivity index (χ0n) is 27.4. The average molecular weight is 673 g/mol. The first-order chi connectivity index (χ1) is 23.8. The Morgan fingerprint density at radius 1 is 0.918 bits per heavy atom. The molecule has 14 heteroatoms.